The Hall–Kier alpha value is -2.76. The van der Waals surface area contributed by atoms with Gasteiger partial charge >= 0.3 is 0 Å². The van der Waals surface area contributed by atoms with Crippen LogP contribution in [0.2, 0.25) is 0 Å². The molecule has 1 nitrogen and oxygen atoms in total. The third-order valence-electron chi connectivity index (χ3n) is 5.64. The molecule has 0 aliphatic carbocycles. The Kier molecular flexibility index (Phi) is 10.4. The Bertz CT molecular complexity index is 1060. The van der Waals surface area contributed by atoms with E-state index in [-0.39, 0.29) is 13.7 Å². The van der Waals surface area contributed by atoms with E-state index in [1.54, 1.807) is 17.5 Å². The normalized spacial score (nSPS) is 12.1. The molecule has 3 aromatic carbocycles. The largest absolute Gasteiger partial charge is 0.290 e. The number of hydrogen-bond acceptors (Lipinski definition) is 1. The van der Waals surface area contributed by atoms with Crippen molar-refractivity contribution in [3.63, 3.8) is 0 Å². The minimum Gasteiger partial charge on any atom is -0.290 e. The molecule has 0 saturated heterocycles. The highest BCUT2D eigenvalue weighted by atomic mass is 31.1. The van der Waals surface area contributed by atoms with Gasteiger partial charge in [0.1, 0.15) is 0 Å². The smallest absolute Gasteiger partial charge is 0.178 e. The van der Waals surface area contributed by atoms with Crippen molar-refractivity contribution >= 4 is 31.2 Å². The number of allylic oxidation sites excluding steroid dienone is 2. The lowest BCUT2D eigenvalue weighted by molar-refractivity contribution is -0.110. The summed E-state index contributed by atoms with van der Waals surface area (Å²) in [5, 5.41) is 2.29. The molecule has 0 amide bonds. The van der Waals surface area contributed by atoms with E-state index in [9.17, 15) is 4.79 Å². The van der Waals surface area contributed by atoms with Gasteiger partial charge in [0.05, 0.1) is 0 Å². The van der Waals surface area contributed by atoms with Gasteiger partial charge in [-0.2, -0.15) is 0 Å². The molecule has 3 aromatic rings. The van der Waals surface area contributed by atoms with E-state index >= 15 is 0 Å². The van der Waals surface area contributed by atoms with Crippen LogP contribution in [0.15, 0.2) is 91.0 Å². The van der Waals surface area contributed by atoms with Gasteiger partial charge in [-0.25, -0.2) is 0 Å². The predicted molar refractivity (Wildman–Crippen MR) is 158 cm³/mol. The molecule has 0 aromatic heterocycles. The van der Waals surface area contributed by atoms with Gasteiger partial charge in [0.15, 0.2) is 5.78 Å². The quantitative estimate of drug-likeness (QED) is 0.261. The van der Waals surface area contributed by atoms with Crippen molar-refractivity contribution in [2.45, 2.75) is 65.7 Å². The third-order valence-corrected chi connectivity index (χ3v) is 9.29. The van der Waals surface area contributed by atoms with Crippen LogP contribution in [0, 0.1) is 13.8 Å². The summed E-state index contributed by atoms with van der Waals surface area (Å²) in [6.45, 7) is 18.8. The molecule has 0 aliphatic heterocycles. The molecule has 0 fully saturated rings. The van der Waals surface area contributed by atoms with E-state index < -0.39 is 0 Å². The average molecular weight is 485 g/mol. The Morgan fingerprint density at radius 1 is 0.629 bits per heavy atom. The first-order valence-corrected chi connectivity index (χ1v) is 13.6. The molecular formula is C33H41OP. The number of carbonyl (C=O) groups is 1. The maximum atomic E-state index is 11.6. The summed E-state index contributed by atoms with van der Waals surface area (Å²) in [5.41, 5.74) is 4.96. The first-order chi connectivity index (χ1) is 16.4. The molecule has 0 unspecified atom stereocenters. The fraction of sp³-hybridized carbons (Fsp3) is 0.303. The summed E-state index contributed by atoms with van der Waals surface area (Å²) in [7, 11) is -0.175. The molecule has 2 heteroatoms. The van der Waals surface area contributed by atoms with Crippen molar-refractivity contribution < 1.29 is 4.79 Å². The highest BCUT2D eigenvalue weighted by Gasteiger charge is 2.36. The van der Waals surface area contributed by atoms with Gasteiger partial charge in [0.25, 0.3) is 0 Å². The lowest BCUT2D eigenvalue weighted by atomic mass is 10.1. The number of ketones is 1. The van der Waals surface area contributed by atoms with Gasteiger partial charge in [-0.05, 0) is 63.9 Å². The molecule has 0 bridgehead atoms. The van der Waals surface area contributed by atoms with Crippen LogP contribution in [0.25, 0.3) is 12.2 Å². The van der Waals surface area contributed by atoms with E-state index in [4.69, 9.17) is 0 Å². The first kappa shape index (κ1) is 28.5. The third kappa shape index (κ3) is 9.42. The first-order valence-electron chi connectivity index (χ1n) is 12.3. The molecule has 0 atom stereocenters. The van der Waals surface area contributed by atoms with Crippen molar-refractivity contribution in [2.75, 3.05) is 0 Å². The van der Waals surface area contributed by atoms with Gasteiger partial charge in [0, 0.05) is 0 Å². The molecule has 0 aliphatic rings. The van der Waals surface area contributed by atoms with Crippen LogP contribution in [0.1, 0.15) is 63.8 Å². The topological polar surface area (TPSA) is 17.1 Å². The fourth-order valence-corrected chi connectivity index (χ4v) is 8.45. The van der Waals surface area contributed by atoms with Gasteiger partial charge in [-0.15, -0.1) is 0 Å². The van der Waals surface area contributed by atoms with Gasteiger partial charge < -0.3 is 0 Å². The number of carbonyl (C=O) groups excluding carboxylic acids is 1. The number of rotatable bonds is 5. The van der Waals surface area contributed by atoms with E-state index in [0.717, 1.165) is 11.1 Å². The summed E-state index contributed by atoms with van der Waals surface area (Å²) in [5.74, 6) is -0.0114. The zero-order valence-corrected chi connectivity index (χ0v) is 23.6. The molecule has 0 N–H and O–H groups in total. The molecule has 0 saturated carbocycles. The zero-order valence-electron chi connectivity index (χ0n) is 22.7. The molecule has 184 valence electrons. The zero-order chi connectivity index (χ0) is 26.1. The van der Waals surface area contributed by atoms with Crippen molar-refractivity contribution in [1.29, 1.82) is 0 Å². The van der Waals surface area contributed by atoms with Crippen molar-refractivity contribution in [3.8, 4) is 0 Å². The monoisotopic (exact) mass is 484 g/mol. The molecule has 3 rings (SSSR count). The van der Waals surface area contributed by atoms with Gasteiger partial charge in [0.2, 0.25) is 0 Å². The van der Waals surface area contributed by atoms with E-state index in [1.807, 2.05) is 72.8 Å². The summed E-state index contributed by atoms with van der Waals surface area (Å²) < 4.78 is 0. The fourth-order valence-electron chi connectivity index (χ4n) is 4.25. The van der Waals surface area contributed by atoms with Crippen LogP contribution in [-0.2, 0) is 4.79 Å². The summed E-state index contributed by atoms with van der Waals surface area (Å²) >= 11 is 0. The van der Waals surface area contributed by atoms with Crippen molar-refractivity contribution in [3.05, 3.63) is 113 Å². The molecule has 0 spiro atoms. The molecule has 35 heavy (non-hydrogen) atoms. The standard InChI is InChI=1S/C17H14O.C16H27P/c18-17(13-11-15-7-3-1-4-8-15)14-12-16-9-5-2-6-10-16;1-12-10-9-11-14(13(12)2)17(15(3,4)5)16(6,7)8/h1-14H;9-11H,1-8H3. The maximum Gasteiger partial charge on any atom is 0.178 e. The second-order valence-electron chi connectivity index (χ2n) is 10.8. The van der Waals surface area contributed by atoms with Crippen molar-refractivity contribution in [1.82, 2.24) is 0 Å². The van der Waals surface area contributed by atoms with Crippen LogP contribution < -0.4 is 5.30 Å². The summed E-state index contributed by atoms with van der Waals surface area (Å²) in [6.07, 6.45) is 6.79. The van der Waals surface area contributed by atoms with E-state index in [1.165, 1.54) is 11.1 Å². The van der Waals surface area contributed by atoms with Gasteiger partial charge in [-0.3, -0.25) is 4.79 Å². The van der Waals surface area contributed by atoms with Crippen LogP contribution in [0.3, 0.4) is 0 Å². The molecule has 0 radical (unpaired) electrons. The number of aryl methyl sites for hydroxylation is 1. The Balaban J connectivity index is 0.000000247. The second-order valence-corrected chi connectivity index (χ2v) is 14.6. The SMILES string of the molecule is Cc1cccc(P(C(C)(C)C)C(C)(C)C)c1C.O=C(C=Cc1ccccc1)C=Cc1ccccc1. The maximum absolute atomic E-state index is 11.6. The Labute approximate surface area is 214 Å². The summed E-state index contributed by atoms with van der Waals surface area (Å²) in [6, 6.07) is 26.3. The van der Waals surface area contributed by atoms with Crippen LogP contribution in [0.4, 0.5) is 0 Å². The van der Waals surface area contributed by atoms with Crippen LogP contribution in [0.5, 0.6) is 0 Å². The predicted octanol–water partition coefficient (Wildman–Crippen LogP) is 8.99. The lowest BCUT2D eigenvalue weighted by Gasteiger charge is -2.42. The van der Waals surface area contributed by atoms with Gasteiger partial charge in [-0.1, -0.05) is 140 Å². The minimum atomic E-state index is -0.175. The highest BCUT2D eigenvalue weighted by Crippen LogP contribution is 2.58. The lowest BCUT2D eigenvalue weighted by Crippen LogP contribution is -2.32. The highest BCUT2D eigenvalue weighted by molar-refractivity contribution is 7.68. The number of hydrogen-bond donors (Lipinski definition) is 0. The Morgan fingerprint density at radius 2 is 1.06 bits per heavy atom. The van der Waals surface area contributed by atoms with Crippen molar-refractivity contribution in [2.24, 2.45) is 0 Å². The Morgan fingerprint density at radius 3 is 1.46 bits per heavy atom. The average Bonchev–Trinajstić information content (AvgIpc) is 2.79. The number of benzene rings is 3. The molecule has 0 heterocycles. The van der Waals surface area contributed by atoms with E-state index in [0.29, 0.717) is 10.3 Å². The summed E-state index contributed by atoms with van der Waals surface area (Å²) in [4.78, 5) is 11.6. The minimum absolute atomic E-state index is 0.0114. The van der Waals surface area contributed by atoms with Crippen LogP contribution >= 0.6 is 7.92 Å². The van der Waals surface area contributed by atoms with Crippen LogP contribution in [-0.4, -0.2) is 16.1 Å². The molecular weight excluding hydrogens is 443 g/mol. The second kappa shape index (κ2) is 12.8. The van der Waals surface area contributed by atoms with E-state index in [2.05, 4.69) is 73.6 Å².